The maximum absolute atomic E-state index is 14.9. The monoisotopic (exact) mass is 353 g/mol. The fourth-order valence-electron chi connectivity index (χ4n) is 2.43. The van der Waals surface area contributed by atoms with Crippen LogP contribution in [0.1, 0.15) is 21.7 Å². The lowest BCUT2D eigenvalue weighted by molar-refractivity contribution is 0.0591. The summed E-state index contributed by atoms with van der Waals surface area (Å²) in [6.07, 6.45) is 4.38. The molecule has 0 amide bonds. The van der Waals surface area contributed by atoms with Gasteiger partial charge in [-0.15, -0.1) is 0 Å². The average molecular weight is 353 g/mol. The molecule has 0 saturated carbocycles. The summed E-state index contributed by atoms with van der Waals surface area (Å²) in [7, 11) is 2.82. The van der Waals surface area contributed by atoms with Crippen molar-refractivity contribution >= 4 is 17.9 Å². The number of ether oxygens (including phenoxy) is 2. The molecule has 0 bridgehead atoms. The maximum Gasteiger partial charge on any atom is 0.355 e. The predicted molar refractivity (Wildman–Crippen MR) is 94.7 cm³/mol. The van der Waals surface area contributed by atoms with E-state index in [1.54, 1.807) is 37.4 Å². The van der Waals surface area contributed by atoms with Gasteiger partial charge < -0.3 is 9.47 Å². The number of rotatable bonds is 5. The second-order valence-electron chi connectivity index (χ2n) is 5.25. The predicted octanol–water partition coefficient (Wildman–Crippen LogP) is 3.53. The molecule has 0 radical (unpaired) electrons. The first-order valence-electron chi connectivity index (χ1n) is 7.73. The van der Waals surface area contributed by atoms with Crippen LogP contribution in [0.25, 0.3) is 17.9 Å². The summed E-state index contributed by atoms with van der Waals surface area (Å²) in [5.41, 5.74) is 0.920. The molecule has 0 atom stereocenters. The Bertz CT molecular complexity index is 934. The number of hydrogen-bond donors (Lipinski definition) is 0. The zero-order valence-electron chi connectivity index (χ0n) is 14.2. The Morgan fingerprint density at radius 3 is 2.31 bits per heavy atom. The highest BCUT2D eigenvalue weighted by molar-refractivity contribution is 5.90. The summed E-state index contributed by atoms with van der Waals surface area (Å²) in [5, 5.41) is 0. The van der Waals surface area contributed by atoms with Crippen LogP contribution < -0.4 is 4.74 Å². The zero-order chi connectivity index (χ0) is 18.5. The van der Waals surface area contributed by atoms with E-state index in [9.17, 15) is 9.18 Å². The standard InChI is InChI=1S/C19H16FN3O3/c1-25-14-6-4-13(5-7-14)12-15(20)16-8-9-17(18(24)26-2)23(16)19-21-10-3-11-22-19/h3-12H,1-2H3/b15-12-. The fourth-order valence-corrected chi connectivity index (χ4v) is 2.43. The number of hydrogen-bond acceptors (Lipinski definition) is 5. The topological polar surface area (TPSA) is 66.2 Å². The maximum atomic E-state index is 14.9. The van der Waals surface area contributed by atoms with Gasteiger partial charge in [0.05, 0.1) is 19.9 Å². The molecule has 3 aromatic rings. The highest BCUT2D eigenvalue weighted by atomic mass is 19.1. The number of nitrogens with zero attached hydrogens (tertiary/aromatic N) is 3. The number of methoxy groups -OCH3 is 2. The third-order valence-electron chi connectivity index (χ3n) is 3.68. The van der Waals surface area contributed by atoms with E-state index in [1.165, 1.54) is 42.3 Å². The van der Waals surface area contributed by atoms with E-state index < -0.39 is 11.8 Å². The molecule has 0 aliphatic heterocycles. The van der Waals surface area contributed by atoms with Gasteiger partial charge in [-0.2, -0.15) is 0 Å². The number of carbonyl (C=O) groups excluding carboxylic acids is 1. The fraction of sp³-hybridized carbons (Fsp3) is 0.105. The van der Waals surface area contributed by atoms with Gasteiger partial charge in [-0.3, -0.25) is 4.57 Å². The summed E-state index contributed by atoms with van der Waals surface area (Å²) in [4.78, 5) is 20.2. The number of esters is 1. The Hall–Kier alpha value is -3.48. The van der Waals surface area contributed by atoms with Crippen LogP contribution in [0.3, 0.4) is 0 Å². The van der Waals surface area contributed by atoms with Crippen molar-refractivity contribution < 1.29 is 18.7 Å². The summed E-state index contributed by atoms with van der Waals surface area (Å²) in [5.74, 6) is -0.304. The molecule has 0 unspecified atom stereocenters. The van der Waals surface area contributed by atoms with Crippen LogP contribution in [0.2, 0.25) is 0 Å². The van der Waals surface area contributed by atoms with Gasteiger partial charge in [0.25, 0.3) is 0 Å². The van der Waals surface area contributed by atoms with Crippen molar-refractivity contribution in [2.24, 2.45) is 0 Å². The molecule has 0 spiro atoms. The third-order valence-corrected chi connectivity index (χ3v) is 3.68. The molecular formula is C19H16FN3O3. The molecule has 3 rings (SSSR count). The number of halogens is 1. The molecule has 0 N–H and O–H groups in total. The van der Waals surface area contributed by atoms with Gasteiger partial charge >= 0.3 is 5.97 Å². The van der Waals surface area contributed by atoms with Crippen LogP contribution >= 0.6 is 0 Å². The van der Waals surface area contributed by atoms with Gasteiger partial charge in [0.15, 0.2) is 0 Å². The van der Waals surface area contributed by atoms with Gasteiger partial charge in [-0.25, -0.2) is 19.2 Å². The van der Waals surface area contributed by atoms with E-state index in [1.807, 2.05) is 0 Å². The van der Waals surface area contributed by atoms with Gasteiger partial charge in [0.1, 0.15) is 17.3 Å². The van der Waals surface area contributed by atoms with Gasteiger partial charge in [-0.05, 0) is 42.0 Å². The first kappa shape index (κ1) is 17.3. The molecule has 2 heterocycles. The number of aromatic nitrogens is 3. The summed E-state index contributed by atoms with van der Waals surface area (Å²) < 4.78 is 26.1. The van der Waals surface area contributed by atoms with Crippen LogP contribution in [0.4, 0.5) is 4.39 Å². The lowest BCUT2D eigenvalue weighted by Crippen LogP contribution is -2.13. The molecule has 2 aromatic heterocycles. The van der Waals surface area contributed by atoms with Crippen molar-refractivity contribution in [1.82, 2.24) is 14.5 Å². The van der Waals surface area contributed by atoms with Crippen LogP contribution in [0, 0.1) is 0 Å². The molecule has 0 fully saturated rings. The van der Waals surface area contributed by atoms with Crippen molar-refractivity contribution in [1.29, 1.82) is 0 Å². The quantitative estimate of drug-likeness (QED) is 0.657. The van der Waals surface area contributed by atoms with Crippen LogP contribution in [-0.2, 0) is 4.74 Å². The number of carbonyl (C=O) groups is 1. The van der Waals surface area contributed by atoms with Gasteiger partial charge in [0, 0.05) is 12.4 Å². The summed E-state index contributed by atoms with van der Waals surface area (Å²) in [6, 6.07) is 11.5. The molecule has 0 aliphatic carbocycles. The van der Waals surface area contributed by atoms with Crippen molar-refractivity contribution in [2.75, 3.05) is 14.2 Å². The Morgan fingerprint density at radius 2 is 1.69 bits per heavy atom. The molecule has 26 heavy (non-hydrogen) atoms. The lowest BCUT2D eigenvalue weighted by Gasteiger charge is -2.09. The van der Waals surface area contributed by atoms with E-state index in [-0.39, 0.29) is 17.3 Å². The van der Waals surface area contributed by atoms with E-state index >= 15 is 0 Å². The van der Waals surface area contributed by atoms with Gasteiger partial charge in [-0.1, -0.05) is 12.1 Å². The first-order chi connectivity index (χ1) is 12.6. The summed E-state index contributed by atoms with van der Waals surface area (Å²) in [6.45, 7) is 0. The van der Waals surface area contributed by atoms with Crippen molar-refractivity contribution in [3.8, 4) is 11.7 Å². The van der Waals surface area contributed by atoms with E-state index in [0.29, 0.717) is 11.3 Å². The van der Waals surface area contributed by atoms with E-state index in [0.717, 1.165) is 0 Å². The minimum absolute atomic E-state index is 0.131. The normalized spacial score (nSPS) is 11.3. The molecule has 132 valence electrons. The van der Waals surface area contributed by atoms with Crippen LogP contribution in [0.15, 0.2) is 54.9 Å². The molecule has 0 aliphatic rings. The largest absolute Gasteiger partial charge is 0.497 e. The average Bonchev–Trinajstić information content (AvgIpc) is 3.14. The van der Waals surface area contributed by atoms with Crippen molar-refractivity contribution in [3.63, 3.8) is 0 Å². The smallest absolute Gasteiger partial charge is 0.355 e. The molecule has 7 heteroatoms. The SMILES string of the molecule is COC(=O)c1ccc(/C(F)=C/c2ccc(OC)cc2)n1-c1ncccn1. The van der Waals surface area contributed by atoms with Crippen LogP contribution in [0.5, 0.6) is 5.75 Å². The van der Waals surface area contributed by atoms with E-state index in [2.05, 4.69) is 9.97 Å². The molecular weight excluding hydrogens is 337 g/mol. The van der Waals surface area contributed by atoms with Crippen LogP contribution in [-0.4, -0.2) is 34.7 Å². The molecule has 0 saturated heterocycles. The minimum Gasteiger partial charge on any atom is -0.497 e. The highest BCUT2D eigenvalue weighted by Crippen LogP contribution is 2.25. The van der Waals surface area contributed by atoms with E-state index in [4.69, 9.17) is 9.47 Å². The molecule has 1 aromatic carbocycles. The minimum atomic E-state index is -0.610. The zero-order valence-corrected chi connectivity index (χ0v) is 14.2. The Labute approximate surface area is 149 Å². The number of benzene rings is 1. The first-order valence-corrected chi connectivity index (χ1v) is 7.73. The Kier molecular flexibility index (Phi) is 5.07. The van der Waals surface area contributed by atoms with Crippen molar-refractivity contribution in [2.45, 2.75) is 0 Å². The summed E-state index contributed by atoms with van der Waals surface area (Å²) >= 11 is 0. The third kappa shape index (κ3) is 3.46. The second kappa shape index (κ2) is 7.60. The molecule has 6 nitrogen and oxygen atoms in total. The van der Waals surface area contributed by atoms with Gasteiger partial charge in [0.2, 0.25) is 5.95 Å². The second-order valence-corrected chi connectivity index (χ2v) is 5.25. The highest BCUT2D eigenvalue weighted by Gasteiger charge is 2.20. The Morgan fingerprint density at radius 1 is 1.04 bits per heavy atom. The lowest BCUT2D eigenvalue weighted by atomic mass is 10.2. The van der Waals surface area contributed by atoms with Crippen molar-refractivity contribution in [3.05, 3.63) is 71.8 Å². The Balaban J connectivity index is 2.07.